The highest BCUT2D eigenvalue weighted by Gasteiger charge is 2.19. The SMILES string of the molecule is CC(CC(N)=O)NC(=O)C(S)C(C)C. The van der Waals surface area contributed by atoms with E-state index < -0.39 is 5.91 Å². The van der Waals surface area contributed by atoms with E-state index in [0.717, 1.165) is 0 Å². The first kappa shape index (κ1) is 13.3. The van der Waals surface area contributed by atoms with Crippen LogP contribution in [0.3, 0.4) is 0 Å². The fourth-order valence-electron chi connectivity index (χ4n) is 0.984. The van der Waals surface area contributed by atoms with Crippen LogP contribution in [0.4, 0.5) is 0 Å². The molecule has 0 radical (unpaired) electrons. The Morgan fingerprint density at radius 3 is 2.21 bits per heavy atom. The van der Waals surface area contributed by atoms with Gasteiger partial charge >= 0.3 is 0 Å². The second kappa shape index (κ2) is 5.90. The summed E-state index contributed by atoms with van der Waals surface area (Å²) in [5.41, 5.74) is 5.00. The average molecular weight is 218 g/mol. The lowest BCUT2D eigenvalue weighted by Crippen LogP contribution is -2.41. The molecule has 2 amide bonds. The molecular weight excluding hydrogens is 200 g/mol. The van der Waals surface area contributed by atoms with Crippen molar-refractivity contribution in [2.75, 3.05) is 0 Å². The lowest BCUT2D eigenvalue weighted by atomic mass is 10.1. The molecule has 0 aromatic heterocycles. The molecule has 2 atom stereocenters. The smallest absolute Gasteiger partial charge is 0.233 e. The van der Waals surface area contributed by atoms with E-state index in [4.69, 9.17) is 5.73 Å². The zero-order valence-electron chi connectivity index (χ0n) is 8.78. The van der Waals surface area contributed by atoms with E-state index in [9.17, 15) is 9.59 Å². The molecule has 82 valence electrons. The van der Waals surface area contributed by atoms with Crippen molar-refractivity contribution < 1.29 is 9.59 Å². The van der Waals surface area contributed by atoms with Gasteiger partial charge in [0.1, 0.15) is 0 Å². The molecule has 0 bridgehead atoms. The van der Waals surface area contributed by atoms with Gasteiger partial charge in [0.15, 0.2) is 0 Å². The molecule has 3 N–H and O–H groups in total. The van der Waals surface area contributed by atoms with E-state index in [1.165, 1.54) is 0 Å². The van der Waals surface area contributed by atoms with Crippen molar-refractivity contribution in [3.63, 3.8) is 0 Å². The van der Waals surface area contributed by atoms with Crippen molar-refractivity contribution in [3.8, 4) is 0 Å². The number of hydrogen-bond donors (Lipinski definition) is 3. The van der Waals surface area contributed by atoms with Gasteiger partial charge in [0.2, 0.25) is 11.8 Å². The molecule has 5 heteroatoms. The minimum Gasteiger partial charge on any atom is -0.370 e. The quantitative estimate of drug-likeness (QED) is 0.582. The van der Waals surface area contributed by atoms with Crippen LogP contribution in [0.5, 0.6) is 0 Å². The van der Waals surface area contributed by atoms with Gasteiger partial charge in [-0.3, -0.25) is 9.59 Å². The second-order valence-electron chi connectivity index (χ2n) is 3.77. The van der Waals surface area contributed by atoms with Crippen LogP contribution in [0.15, 0.2) is 0 Å². The van der Waals surface area contributed by atoms with Gasteiger partial charge in [-0.1, -0.05) is 13.8 Å². The van der Waals surface area contributed by atoms with Gasteiger partial charge in [0, 0.05) is 12.5 Å². The topological polar surface area (TPSA) is 72.2 Å². The summed E-state index contributed by atoms with van der Waals surface area (Å²) in [6, 6.07) is -0.228. The van der Waals surface area contributed by atoms with Crippen molar-refractivity contribution >= 4 is 24.4 Å². The van der Waals surface area contributed by atoms with Crippen molar-refractivity contribution in [1.82, 2.24) is 5.32 Å². The average Bonchev–Trinajstić information content (AvgIpc) is 2.00. The summed E-state index contributed by atoms with van der Waals surface area (Å²) in [6.07, 6.45) is 0.157. The third-order valence-corrected chi connectivity index (χ3v) is 2.63. The fraction of sp³-hybridized carbons (Fsp3) is 0.778. The van der Waals surface area contributed by atoms with Crippen LogP contribution in [-0.4, -0.2) is 23.1 Å². The van der Waals surface area contributed by atoms with Gasteiger partial charge < -0.3 is 11.1 Å². The third-order valence-electron chi connectivity index (χ3n) is 1.80. The first-order chi connectivity index (χ1) is 6.34. The van der Waals surface area contributed by atoms with E-state index in [-0.39, 0.29) is 29.5 Å². The molecule has 0 fully saturated rings. The van der Waals surface area contributed by atoms with E-state index in [1.807, 2.05) is 13.8 Å². The molecule has 0 aliphatic heterocycles. The molecule has 2 unspecified atom stereocenters. The Kier molecular flexibility index (Phi) is 5.60. The van der Waals surface area contributed by atoms with E-state index >= 15 is 0 Å². The van der Waals surface area contributed by atoms with Gasteiger partial charge in [0.25, 0.3) is 0 Å². The first-order valence-corrected chi connectivity index (χ1v) is 5.13. The Labute approximate surface area is 90.0 Å². The first-order valence-electron chi connectivity index (χ1n) is 4.61. The van der Waals surface area contributed by atoms with Crippen LogP contribution in [0.2, 0.25) is 0 Å². The number of carbonyl (C=O) groups excluding carboxylic acids is 2. The minimum atomic E-state index is -0.418. The monoisotopic (exact) mass is 218 g/mol. The molecule has 0 spiro atoms. The Balaban J connectivity index is 3.99. The number of primary amides is 1. The predicted octanol–water partition coefficient (Wildman–Crippen LogP) is 0.321. The van der Waals surface area contributed by atoms with Crippen molar-refractivity contribution in [3.05, 3.63) is 0 Å². The van der Waals surface area contributed by atoms with Crippen molar-refractivity contribution in [2.24, 2.45) is 11.7 Å². The van der Waals surface area contributed by atoms with Crippen molar-refractivity contribution in [1.29, 1.82) is 0 Å². The molecule has 4 nitrogen and oxygen atoms in total. The number of amides is 2. The summed E-state index contributed by atoms with van der Waals surface area (Å²) in [5, 5.41) is 2.33. The molecule has 0 aliphatic rings. The maximum atomic E-state index is 11.4. The molecule has 0 aromatic rings. The zero-order chi connectivity index (χ0) is 11.3. The molecule has 0 heterocycles. The lowest BCUT2D eigenvalue weighted by molar-refractivity contribution is -0.122. The summed E-state index contributed by atoms with van der Waals surface area (Å²) in [4.78, 5) is 22.0. The number of rotatable bonds is 5. The normalized spacial score (nSPS) is 14.9. The lowest BCUT2D eigenvalue weighted by Gasteiger charge is -2.18. The number of hydrogen-bond acceptors (Lipinski definition) is 3. The summed E-state index contributed by atoms with van der Waals surface area (Å²) in [6.45, 7) is 5.56. The molecule has 0 aromatic carbocycles. The Hall–Kier alpha value is -0.710. The fourth-order valence-corrected chi connectivity index (χ4v) is 1.06. The molecular formula is C9H18N2O2S. The number of nitrogens with two attached hydrogens (primary N) is 1. The summed E-state index contributed by atoms with van der Waals surface area (Å²) < 4.78 is 0. The molecule has 0 saturated carbocycles. The molecule has 0 saturated heterocycles. The van der Waals surface area contributed by atoms with Crippen LogP contribution in [0, 0.1) is 5.92 Å². The van der Waals surface area contributed by atoms with Gasteiger partial charge in [-0.25, -0.2) is 0 Å². The molecule has 0 aliphatic carbocycles. The highest BCUT2D eigenvalue weighted by atomic mass is 32.1. The number of carbonyl (C=O) groups is 2. The maximum absolute atomic E-state index is 11.4. The Morgan fingerprint density at radius 1 is 1.36 bits per heavy atom. The third kappa shape index (κ3) is 5.11. The van der Waals surface area contributed by atoms with Gasteiger partial charge in [-0.2, -0.15) is 12.6 Å². The molecule has 14 heavy (non-hydrogen) atoms. The summed E-state index contributed by atoms with van der Waals surface area (Å²) in [5.74, 6) is -0.408. The Morgan fingerprint density at radius 2 is 1.86 bits per heavy atom. The van der Waals surface area contributed by atoms with E-state index in [1.54, 1.807) is 6.92 Å². The number of thiol groups is 1. The van der Waals surface area contributed by atoms with E-state index in [0.29, 0.717) is 0 Å². The minimum absolute atomic E-state index is 0.155. The highest BCUT2D eigenvalue weighted by molar-refractivity contribution is 7.81. The highest BCUT2D eigenvalue weighted by Crippen LogP contribution is 2.09. The summed E-state index contributed by atoms with van der Waals surface area (Å²) >= 11 is 4.16. The predicted molar refractivity (Wildman–Crippen MR) is 59.0 cm³/mol. The van der Waals surface area contributed by atoms with Crippen LogP contribution < -0.4 is 11.1 Å². The van der Waals surface area contributed by atoms with Crippen LogP contribution >= 0.6 is 12.6 Å². The van der Waals surface area contributed by atoms with Crippen LogP contribution in [0.1, 0.15) is 27.2 Å². The zero-order valence-corrected chi connectivity index (χ0v) is 9.67. The van der Waals surface area contributed by atoms with Gasteiger partial charge in [-0.05, 0) is 12.8 Å². The van der Waals surface area contributed by atoms with Crippen LogP contribution in [-0.2, 0) is 9.59 Å². The second-order valence-corrected chi connectivity index (χ2v) is 4.33. The standard InChI is InChI=1S/C9H18N2O2S/c1-5(2)8(14)9(13)11-6(3)4-7(10)12/h5-6,8,14H,4H2,1-3H3,(H2,10,12)(H,11,13). The largest absolute Gasteiger partial charge is 0.370 e. The number of nitrogens with one attached hydrogen (secondary N) is 1. The summed E-state index contributed by atoms with van der Waals surface area (Å²) in [7, 11) is 0. The van der Waals surface area contributed by atoms with Crippen molar-refractivity contribution in [2.45, 2.75) is 38.5 Å². The van der Waals surface area contributed by atoms with Crippen LogP contribution in [0.25, 0.3) is 0 Å². The van der Waals surface area contributed by atoms with E-state index in [2.05, 4.69) is 17.9 Å². The van der Waals surface area contributed by atoms with Gasteiger partial charge in [-0.15, -0.1) is 0 Å². The maximum Gasteiger partial charge on any atom is 0.233 e. The Bertz CT molecular complexity index is 219. The van der Waals surface area contributed by atoms with Gasteiger partial charge in [0.05, 0.1) is 5.25 Å². The molecule has 0 rings (SSSR count).